The van der Waals surface area contributed by atoms with Gasteiger partial charge in [-0.15, -0.1) is 0 Å². The number of nitro groups is 1. The molecule has 1 aromatic rings. The molecule has 0 amide bonds. The van der Waals surface area contributed by atoms with E-state index in [1.165, 1.54) is 12.1 Å². The summed E-state index contributed by atoms with van der Waals surface area (Å²) in [5, 5.41) is 10.2. The van der Waals surface area contributed by atoms with Gasteiger partial charge in [-0.2, -0.15) is 0 Å². The predicted octanol–water partition coefficient (Wildman–Crippen LogP) is 1.94. The summed E-state index contributed by atoms with van der Waals surface area (Å²) in [6.45, 7) is 1.72. The first kappa shape index (κ1) is 8.67. The number of nitrogens with one attached hydrogen (secondary N) is 1. The summed E-state index contributed by atoms with van der Waals surface area (Å²) in [7, 11) is 0. The number of hydrogen-bond acceptors (Lipinski definition) is 2. The van der Waals surface area contributed by atoms with Crippen LogP contribution in [0.25, 0.3) is 0 Å². The summed E-state index contributed by atoms with van der Waals surface area (Å²) in [4.78, 5) is 9.79. The second-order valence-corrected chi connectivity index (χ2v) is 2.57. The fourth-order valence-electron chi connectivity index (χ4n) is 0.885. The van der Waals surface area contributed by atoms with Crippen LogP contribution in [-0.4, -0.2) is 4.92 Å². The Kier molecular flexibility index (Phi) is 2.40. The second kappa shape index (κ2) is 3.32. The van der Waals surface area contributed by atoms with Crippen molar-refractivity contribution < 1.29 is 4.92 Å². The highest BCUT2D eigenvalue weighted by Gasteiger charge is 2.05. The lowest BCUT2D eigenvalue weighted by Gasteiger charge is -2.01. The fraction of sp³-hybridized carbons (Fsp3) is 0.250. The Balaban J connectivity index is 2.93. The summed E-state index contributed by atoms with van der Waals surface area (Å²) in [6.07, 6.45) is 0. The Hall–Kier alpha value is -1.42. The minimum Gasteiger partial charge on any atom is -0.258 e. The number of benzene rings is 1. The maximum absolute atomic E-state index is 10.2. The molecule has 0 aliphatic rings. The molecule has 0 heterocycles. The molecule has 0 bridgehead atoms. The minimum absolute atomic E-state index is 0.0689. The molecule has 1 rings (SSSR count). The molecule has 0 spiro atoms. The normalized spacial score (nSPS) is 12.5. The van der Waals surface area contributed by atoms with Crippen molar-refractivity contribution in [1.29, 1.82) is 0 Å². The zero-order valence-electron chi connectivity index (χ0n) is 6.65. The van der Waals surface area contributed by atoms with E-state index in [1.807, 2.05) is 0 Å². The molecule has 63 valence electrons. The monoisotopic (exact) mass is 165 g/mol. The van der Waals surface area contributed by atoms with Gasteiger partial charge in [0.2, 0.25) is 0 Å². The molecule has 12 heavy (non-hydrogen) atoms. The van der Waals surface area contributed by atoms with Gasteiger partial charge in [0.1, 0.15) is 0 Å². The van der Waals surface area contributed by atoms with Gasteiger partial charge in [-0.25, -0.2) is 0 Å². The number of hydrogen-bond donors (Lipinski definition) is 0. The molecule has 0 unspecified atom stereocenters. The minimum atomic E-state index is -0.446. The predicted molar refractivity (Wildman–Crippen MR) is 44.6 cm³/mol. The van der Waals surface area contributed by atoms with Crippen molar-refractivity contribution in [2.24, 2.45) is 0 Å². The molecule has 1 aromatic carbocycles. The van der Waals surface area contributed by atoms with Crippen LogP contribution in [0, 0.1) is 10.1 Å². The van der Waals surface area contributed by atoms with Crippen molar-refractivity contribution in [2.75, 3.05) is 0 Å². The van der Waals surface area contributed by atoms with Crippen molar-refractivity contribution in [3.63, 3.8) is 0 Å². The number of non-ortho nitro benzene ring substituents is 1. The van der Waals surface area contributed by atoms with Gasteiger partial charge in [-0.05, 0) is 12.5 Å². The first-order chi connectivity index (χ1) is 5.61. The van der Waals surface area contributed by atoms with E-state index in [0.29, 0.717) is 0 Å². The van der Waals surface area contributed by atoms with Gasteiger partial charge in [0.15, 0.2) is 0 Å². The summed E-state index contributed by atoms with van der Waals surface area (Å²) in [5.74, 6) is 0. The first-order valence-electron chi connectivity index (χ1n) is 3.56. The maximum atomic E-state index is 10.2. The lowest BCUT2D eigenvalue weighted by molar-refractivity contribution is -0.384. The van der Waals surface area contributed by atoms with Crippen LogP contribution in [0.15, 0.2) is 24.3 Å². The van der Waals surface area contributed by atoms with Crippen molar-refractivity contribution in [3.8, 4) is 0 Å². The van der Waals surface area contributed by atoms with Crippen LogP contribution in [0.1, 0.15) is 18.5 Å². The van der Waals surface area contributed by atoms with E-state index in [9.17, 15) is 10.1 Å². The molecule has 1 N–H and O–H groups in total. The largest absolute Gasteiger partial charge is 0.269 e. The maximum Gasteiger partial charge on any atom is 0.269 e. The SMILES string of the molecule is C[C@@H]([NH])c1ccc([N+](=O)[O-])cc1. The van der Waals surface area contributed by atoms with Gasteiger partial charge >= 0.3 is 0 Å². The first-order valence-corrected chi connectivity index (χ1v) is 3.56. The van der Waals surface area contributed by atoms with Gasteiger partial charge in [-0.3, -0.25) is 15.8 Å². The Bertz CT molecular complexity index is 280. The van der Waals surface area contributed by atoms with Gasteiger partial charge < -0.3 is 0 Å². The molecule has 4 nitrogen and oxygen atoms in total. The zero-order chi connectivity index (χ0) is 9.14. The molecule has 0 saturated carbocycles. The average molecular weight is 165 g/mol. The third-order valence-electron chi connectivity index (χ3n) is 1.60. The molecule has 1 atom stereocenters. The molecule has 0 aromatic heterocycles. The van der Waals surface area contributed by atoms with Gasteiger partial charge in [0, 0.05) is 18.2 Å². The highest BCUT2D eigenvalue weighted by Crippen LogP contribution is 2.16. The van der Waals surface area contributed by atoms with Crippen molar-refractivity contribution >= 4 is 5.69 Å². The zero-order valence-corrected chi connectivity index (χ0v) is 6.65. The lowest BCUT2D eigenvalue weighted by Crippen LogP contribution is -1.93. The number of nitrogens with zero attached hydrogens (tertiary/aromatic N) is 1. The second-order valence-electron chi connectivity index (χ2n) is 2.57. The number of rotatable bonds is 2. The Morgan fingerprint density at radius 2 is 1.92 bits per heavy atom. The molecule has 1 radical (unpaired) electrons. The van der Waals surface area contributed by atoms with Crippen LogP contribution in [0.2, 0.25) is 0 Å². The summed E-state index contributed by atoms with van der Waals surface area (Å²) < 4.78 is 0. The molecule has 4 heteroatoms. The fourth-order valence-corrected chi connectivity index (χ4v) is 0.885. The third kappa shape index (κ3) is 1.79. The summed E-state index contributed by atoms with van der Waals surface area (Å²) in [5.41, 5.74) is 8.19. The van der Waals surface area contributed by atoms with Crippen LogP contribution >= 0.6 is 0 Å². The smallest absolute Gasteiger partial charge is 0.258 e. The van der Waals surface area contributed by atoms with Crippen LogP contribution in [-0.2, 0) is 0 Å². The third-order valence-corrected chi connectivity index (χ3v) is 1.60. The Morgan fingerprint density at radius 1 is 1.42 bits per heavy atom. The quantitative estimate of drug-likeness (QED) is 0.496. The van der Waals surface area contributed by atoms with Crippen LogP contribution in [0.5, 0.6) is 0 Å². The van der Waals surface area contributed by atoms with Crippen molar-refractivity contribution in [2.45, 2.75) is 13.0 Å². The Morgan fingerprint density at radius 3 is 2.25 bits per heavy atom. The van der Waals surface area contributed by atoms with Gasteiger partial charge in [-0.1, -0.05) is 12.1 Å². The Labute approximate surface area is 70.2 Å². The van der Waals surface area contributed by atoms with E-state index in [2.05, 4.69) is 0 Å². The average Bonchev–Trinajstić information content (AvgIpc) is 2.04. The van der Waals surface area contributed by atoms with E-state index in [4.69, 9.17) is 5.73 Å². The van der Waals surface area contributed by atoms with E-state index in [1.54, 1.807) is 19.1 Å². The molecule has 0 fully saturated rings. The van der Waals surface area contributed by atoms with Gasteiger partial charge in [0.05, 0.1) is 4.92 Å². The van der Waals surface area contributed by atoms with Crippen LogP contribution in [0.3, 0.4) is 0 Å². The van der Waals surface area contributed by atoms with Gasteiger partial charge in [0.25, 0.3) is 5.69 Å². The highest BCUT2D eigenvalue weighted by atomic mass is 16.6. The van der Waals surface area contributed by atoms with Crippen LogP contribution in [0.4, 0.5) is 5.69 Å². The van der Waals surface area contributed by atoms with Crippen LogP contribution < -0.4 is 5.73 Å². The molecular weight excluding hydrogens is 156 g/mol. The standard InChI is InChI=1S/C8H9N2O2/c1-6(9)7-2-4-8(5-3-7)10(11)12/h2-6,9H,1H3/t6-/m1/s1. The molecular formula is C8H9N2O2. The summed E-state index contributed by atoms with van der Waals surface area (Å²) >= 11 is 0. The highest BCUT2D eigenvalue weighted by molar-refractivity contribution is 5.33. The van der Waals surface area contributed by atoms with E-state index >= 15 is 0 Å². The van der Waals surface area contributed by atoms with E-state index in [0.717, 1.165) is 5.56 Å². The molecule has 0 aliphatic heterocycles. The summed E-state index contributed by atoms with van der Waals surface area (Å²) in [6, 6.07) is 5.72. The molecule has 0 saturated heterocycles. The topological polar surface area (TPSA) is 66.9 Å². The van der Waals surface area contributed by atoms with E-state index in [-0.39, 0.29) is 11.7 Å². The lowest BCUT2D eigenvalue weighted by atomic mass is 10.1. The number of nitro benzene ring substituents is 1. The molecule has 0 aliphatic carbocycles. The van der Waals surface area contributed by atoms with Crippen molar-refractivity contribution in [1.82, 2.24) is 5.73 Å². The van der Waals surface area contributed by atoms with E-state index < -0.39 is 4.92 Å². The van der Waals surface area contributed by atoms with Crippen molar-refractivity contribution in [3.05, 3.63) is 39.9 Å².